The number of aliphatic hydroxyl groups is 2. The van der Waals surface area contributed by atoms with Gasteiger partial charge in [-0.1, -0.05) is 20.3 Å². The second kappa shape index (κ2) is 6.38. The molecule has 0 spiro atoms. The van der Waals surface area contributed by atoms with Crippen LogP contribution in [0.1, 0.15) is 33.6 Å². The fourth-order valence-electron chi connectivity index (χ4n) is 1.55. The zero-order valence-electron chi connectivity index (χ0n) is 9.95. The number of hydrogen-bond donors (Lipinski definition) is 2. The Hall–Kier alpha value is -0.120. The van der Waals surface area contributed by atoms with Crippen LogP contribution >= 0.6 is 0 Å². The maximum atomic E-state index is 9.16. The van der Waals surface area contributed by atoms with Crippen LogP contribution in [0.4, 0.5) is 0 Å². The second-order valence-corrected chi connectivity index (χ2v) is 4.68. The van der Waals surface area contributed by atoms with E-state index in [0.29, 0.717) is 6.04 Å². The number of hydrogen-bond acceptors (Lipinski definition) is 3. The van der Waals surface area contributed by atoms with Gasteiger partial charge in [0.1, 0.15) is 0 Å². The molecule has 0 rings (SSSR count). The van der Waals surface area contributed by atoms with Crippen molar-refractivity contribution >= 4 is 0 Å². The molecule has 3 nitrogen and oxygen atoms in total. The zero-order chi connectivity index (χ0) is 11.2. The van der Waals surface area contributed by atoms with Crippen molar-refractivity contribution in [3.8, 4) is 0 Å². The number of aliphatic hydroxyl groups excluding tert-OH is 2. The maximum Gasteiger partial charge on any atom is 0.0519 e. The quantitative estimate of drug-likeness (QED) is 0.651. The van der Waals surface area contributed by atoms with Gasteiger partial charge in [-0.3, -0.25) is 0 Å². The average Bonchev–Trinajstić information content (AvgIpc) is 2.18. The van der Waals surface area contributed by atoms with Gasteiger partial charge in [0.2, 0.25) is 0 Å². The van der Waals surface area contributed by atoms with E-state index in [1.54, 1.807) is 0 Å². The average molecular weight is 203 g/mol. The van der Waals surface area contributed by atoms with Crippen molar-refractivity contribution in [2.24, 2.45) is 5.41 Å². The lowest BCUT2D eigenvalue weighted by Gasteiger charge is -2.33. The minimum Gasteiger partial charge on any atom is -0.396 e. The second-order valence-electron chi connectivity index (χ2n) is 4.68. The molecule has 0 bridgehead atoms. The highest BCUT2D eigenvalue weighted by molar-refractivity contribution is 4.77. The summed E-state index contributed by atoms with van der Waals surface area (Å²) in [5.74, 6) is 0. The Labute approximate surface area is 87.7 Å². The maximum absolute atomic E-state index is 9.16. The van der Waals surface area contributed by atoms with Gasteiger partial charge in [0, 0.05) is 18.0 Å². The molecule has 0 aliphatic heterocycles. The van der Waals surface area contributed by atoms with Crippen LogP contribution in [0.2, 0.25) is 0 Å². The van der Waals surface area contributed by atoms with Crippen molar-refractivity contribution in [2.45, 2.75) is 39.7 Å². The van der Waals surface area contributed by atoms with E-state index < -0.39 is 0 Å². The van der Waals surface area contributed by atoms with E-state index >= 15 is 0 Å². The zero-order valence-corrected chi connectivity index (χ0v) is 9.95. The van der Waals surface area contributed by atoms with E-state index in [1.807, 2.05) is 14.0 Å². The molecule has 0 aromatic heterocycles. The summed E-state index contributed by atoms with van der Waals surface area (Å²) in [6.07, 6.45) is 2.32. The van der Waals surface area contributed by atoms with Crippen molar-refractivity contribution in [1.29, 1.82) is 0 Å². The van der Waals surface area contributed by atoms with Gasteiger partial charge in [0.15, 0.2) is 0 Å². The van der Waals surface area contributed by atoms with Gasteiger partial charge in [0.05, 0.1) is 13.2 Å². The summed E-state index contributed by atoms with van der Waals surface area (Å²) in [5, 5.41) is 18.3. The van der Waals surface area contributed by atoms with Crippen molar-refractivity contribution in [3.05, 3.63) is 0 Å². The summed E-state index contributed by atoms with van der Waals surface area (Å²) >= 11 is 0. The van der Waals surface area contributed by atoms with E-state index in [-0.39, 0.29) is 18.6 Å². The molecule has 0 aromatic rings. The molecule has 0 aliphatic carbocycles. The van der Waals surface area contributed by atoms with Crippen LogP contribution < -0.4 is 0 Å². The first-order valence-electron chi connectivity index (χ1n) is 5.41. The predicted molar refractivity (Wildman–Crippen MR) is 59.3 cm³/mol. The topological polar surface area (TPSA) is 43.7 Å². The molecule has 2 N–H and O–H groups in total. The molecular formula is C11H25NO2. The van der Waals surface area contributed by atoms with Crippen LogP contribution in [0.3, 0.4) is 0 Å². The van der Waals surface area contributed by atoms with E-state index in [1.165, 1.54) is 6.42 Å². The van der Waals surface area contributed by atoms with Crippen molar-refractivity contribution in [1.82, 2.24) is 4.90 Å². The van der Waals surface area contributed by atoms with Gasteiger partial charge in [-0.25, -0.2) is 0 Å². The summed E-state index contributed by atoms with van der Waals surface area (Å²) in [4.78, 5) is 2.20. The Bertz CT molecular complexity index is 146. The van der Waals surface area contributed by atoms with Gasteiger partial charge < -0.3 is 15.1 Å². The van der Waals surface area contributed by atoms with Crippen molar-refractivity contribution < 1.29 is 10.2 Å². The molecule has 0 heterocycles. The summed E-state index contributed by atoms with van der Waals surface area (Å²) in [7, 11) is 2.05. The van der Waals surface area contributed by atoms with Crippen LogP contribution in [0, 0.1) is 5.41 Å². The molecule has 0 aromatic carbocycles. The Morgan fingerprint density at radius 1 is 1.29 bits per heavy atom. The lowest BCUT2D eigenvalue weighted by molar-refractivity contribution is 0.0318. The molecule has 3 heteroatoms. The Kier molecular flexibility index (Phi) is 6.33. The Balaban J connectivity index is 4.07. The van der Waals surface area contributed by atoms with Crippen LogP contribution in [0.5, 0.6) is 0 Å². The fraction of sp³-hybridized carbons (Fsp3) is 1.00. The highest BCUT2D eigenvalue weighted by Crippen LogP contribution is 2.17. The molecule has 0 saturated heterocycles. The highest BCUT2D eigenvalue weighted by atomic mass is 16.3. The van der Waals surface area contributed by atoms with E-state index in [4.69, 9.17) is 10.2 Å². The molecule has 0 fully saturated rings. The minimum atomic E-state index is -0.378. The van der Waals surface area contributed by atoms with Crippen molar-refractivity contribution in [2.75, 3.05) is 26.8 Å². The van der Waals surface area contributed by atoms with Gasteiger partial charge in [0.25, 0.3) is 0 Å². The fourth-order valence-corrected chi connectivity index (χ4v) is 1.55. The SMILES string of the molecule is CCCC(C)N(C)CC(C)(CO)CO. The molecular weight excluding hydrogens is 178 g/mol. The molecule has 14 heavy (non-hydrogen) atoms. The lowest BCUT2D eigenvalue weighted by atomic mass is 9.92. The Morgan fingerprint density at radius 2 is 1.79 bits per heavy atom. The molecule has 1 unspecified atom stereocenters. The van der Waals surface area contributed by atoms with E-state index in [9.17, 15) is 0 Å². The third kappa shape index (κ3) is 4.40. The number of nitrogens with zero attached hydrogens (tertiary/aromatic N) is 1. The van der Waals surface area contributed by atoms with E-state index in [0.717, 1.165) is 13.0 Å². The molecule has 1 atom stereocenters. The molecule has 0 aliphatic rings. The van der Waals surface area contributed by atoms with Gasteiger partial charge in [-0.2, -0.15) is 0 Å². The van der Waals surface area contributed by atoms with Crippen LogP contribution in [-0.2, 0) is 0 Å². The Morgan fingerprint density at radius 3 is 2.14 bits per heavy atom. The van der Waals surface area contributed by atoms with Crippen LogP contribution in [0.15, 0.2) is 0 Å². The minimum absolute atomic E-state index is 0.0344. The first-order chi connectivity index (χ1) is 6.49. The first kappa shape index (κ1) is 13.9. The standard InChI is InChI=1S/C11H25NO2/c1-5-6-10(2)12(4)7-11(3,8-13)9-14/h10,13-14H,5-9H2,1-4H3. The van der Waals surface area contributed by atoms with Crippen LogP contribution in [-0.4, -0.2) is 48.0 Å². The summed E-state index contributed by atoms with van der Waals surface area (Å²) in [5.41, 5.74) is -0.378. The van der Waals surface area contributed by atoms with Gasteiger partial charge in [-0.15, -0.1) is 0 Å². The first-order valence-corrected chi connectivity index (χ1v) is 5.41. The van der Waals surface area contributed by atoms with Gasteiger partial charge in [-0.05, 0) is 20.4 Å². The third-order valence-electron chi connectivity index (χ3n) is 2.85. The van der Waals surface area contributed by atoms with Crippen LogP contribution in [0.25, 0.3) is 0 Å². The highest BCUT2D eigenvalue weighted by Gasteiger charge is 2.25. The molecule has 0 saturated carbocycles. The monoisotopic (exact) mass is 203 g/mol. The summed E-state index contributed by atoms with van der Waals surface area (Å²) in [6.45, 7) is 7.06. The van der Waals surface area contributed by atoms with E-state index in [2.05, 4.69) is 18.7 Å². The molecule has 0 radical (unpaired) electrons. The van der Waals surface area contributed by atoms with Crippen molar-refractivity contribution in [3.63, 3.8) is 0 Å². The normalized spacial score (nSPS) is 14.8. The van der Waals surface area contributed by atoms with Gasteiger partial charge >= 0.3 is 0 Å². The lowest BCUT2D eigenvalue weighted by Crippen LogP contribution is -2.42. The molecule has 86 valence electrons. The number of rotatable bonds is 7. The molecule has 0 amide bonds. The largest absolute Gasteiger partial charge is 0.396 e. The predicted octanol–water partition coefficient (Wildman–Crippen LogP) is 1.10. The summed E-state index contributed by atoms with van der Waals surface area (Å²) in [6, 6.07) is 0.512. The smallest absolute Gasteiger partial charge is 0.0519 e. The summed E-state index contributed by atoms with van der Waals surface area (Å²) < 4.78 is 0. The third-order valence-corrected chi connectivity index (χ3v) is 2.85.